The molecular weight excluding hydrogens is 426 g/mol. The molecule has 178 valence electrons. The number of benzene rings is 2. The lowest BCUT2D eigenvalue weighted by Crippen LogP contribution is -2.24. The molecule has 3 aromatic rings. The number of nitrogens with zero attached hydrogens (tertiary/aromatic N) is 3. The highest BCUT2D eigenvalue weighted by Crippen LogP contribution is 2.40. The van der Waals surface area contributed by atoms with E-state index in [4.69, 9.17) is 15.7 Å². The number of carbonyl (C=O) groups is 1. The van der Waals surface area contributed by atoms with Crippen LogP contribution in [0.5, 0.6) is 0 Å². The number of aryl methyl sites for hydroxylation is 1. The van der Waals surface area contributed by atoms with Gasteiger partial charge >= 0.3 is 5.97 Å². The van der Waals surface area contributed by atoms with Crippen molar-refractivity contribution in [2.45, 2.75) is 32.6 Å². The second kappa shape index (κ2) is 10.8. The monoisotopic (exact) mass is 459 g/mol. The third-order valence-corrected chi connectivity index (χ3v) is 6.21. The molecule has 0 saturated heterocycles. The largest absolute Gasteiger partial charge is 0.478 e. The molecule has 4 N–H and O–H groups in total. The minimum absolute atomic E-state index is 0.277. The van der Waals surface area contributed by atoms with Gasteiger partial charge in [0.15, 0.2) is 0 Å². The number of nitrogens with one attached hydrogen (secondary N) is 1. The summed E-state index contributed by atoms with van der Waals surface area (Å²) in [6, 6.07) is 13.5. The second-order valence-corrected chi connectivity index (χ2v) is 9.06. The lowest BCUT2D eigenvalue weighted by Gasteiger charge is -2.17. The van der Waals surface area contributed by atoms with Crippen LogP contribution in [0.1, 0.15) is 51.4 Å². The molecule has 0 spiro atoms. The Labute approximate surface area is 201 Å². The normalized spacial score (nSPS) is 12.0. The molecule has 7 nitrogen and oxygen atoms in total. The topological polar surface area (TPSA) is 104 Å². The van der Waals surface area contributed by atoms with E-state index in [1.165, 1.54) is 16.7 Å². The SMILES string of the molecule is Cc1ccc2c(c1)Cc1nc(Cc3cccc(C(=O)O)c3)nc(NCCCN(C)CCCN)c1-2. The van der Waals surface area contributed by atoms with Crippen molar-refractivity contribution in [1.29, 1.82) is 0 Å². The molecule has 0 atom stereocenters. The molecule has 0 bridgehead atoms. The summed E-state index contributed by atoms with van der Waals surface area (Å²) < 4.78 is 0. The standard InChI is InChI=1S/C27H33N5O2/c1-18-8-9-22-21(14-18)17-23-25(22)26(29-11-5-13-32(2)12-4-10-28)31-24(30-23)16-19-6-3-7-20(15-19)27(33)34/h3,6-9,14-15H,4-5,10-13,16-17,28H2,1-2H3,(H,33,34)(H,29,30,31). The molecule has 1 aromatic heterocycles. The molecule has 1 aliphatic carbocycles. The summed E-state index contributed by atoms with van der Waals surface area (Å²) in [5.41, 5.74) is 12.6. The summed E-state index contributed by atoms with van der Waals surface area (Å²) in [5, 5.41) is 12.9. The van der Waals surface area contributed by atoms with E-state index >= 15 is 0 Å². The van der Waals surface area contributed by atoms with Crippen LogP contribution in [-0.4, -0.2) is 59.2 Å². The molecule has 0 aliphatic heterocycles. The van der Waals surface area contributed by atoms with Gasteiger partial charge in [0.2, 0.25) is 0 Å². The fourth-order valence-corrected chi connectivity index (χ4v) is 4.49. The van der Waals surface area contributed by atoms with Gasteiger partial charge in [-0.1, -0.05) is 35.9 Å². The average Bonchev–Trinajstić information content (AvgIpc) is 3.17. The van der Waals surface area contributed by atoms with E-state index in [0.717, 1.165) is 61.5 Å². The van der Waals surface area contributed by atoms with Crippen LogP contribution in [0.4, 0.5) is 5.82 Å². The van der Waals surface area contributed by atoms with Crippen molar-refractivity contribution in [3.05, 3.63) is 76.2 Å². The summed E-state index contributed by atoms with van der Waals surface area (Å²) in [7, 11) is 2.12. The van der Waals surface area contributed by atoms with Crippen molar-refractivity contribution in [1.82, 2.24) is 14.9 Å². The van der Waals surface area contributed by atoms with Crippen molar-refractivity contribution in [3.8, 4) is 11.1 Å². The van der Waals surface area contributed by atoms with Crippen molar-refractivity contribution >= 4 is 11.8 Å². The van der Waals surface area contributed by atoms with Gasteiger partial charge < -0.3 is 21.1 Å². The first-order valence-electron chi connectivity index (χ1n) is 11.9. The van der Waals surface area contributed by atoms with Gasteiger partial charge in [-0.25, -0.2) is 14.8 Å². The summed E-state index contributed by atoms with van der Waals surface area (Å²) in [6.07, 6.45) is 3.27. The van der Waals surface area contributed by atoms with E-state index < -0.39 is 5.97 Å². The number of carboxylic acid groups (broad SMARTS) is 1. The van der Waals surface area contributed by atoms with E-state index in [2.05, 4.69) is 42.4 Å². The van der Waals surface area contributed by atoms with Crippen molar-refractivity contribution in [2.75, 3.05) is 38.5 Å². The summed E-state index contributed by atoms with van der Waals surface area (Å²) in [5.74, 6) is 0.635. The van der Waals surface area contributed by atoms with Gasteiger partial charge in [-0.15, -0.1) is 0 Å². The van der Waals surface area contributed by atoms with Gasteiger partial charge in [0, 0.05) is 24.9 Å². The number of fused-ring (bicyclic) bond motifs is 3. The van der Waals surface area contributed by atoms with Crippen LogP contribution in [0.25, 0.3) is 11.1 Å². The highest BCUT2D eigenvalue weighted by molar-refractivity contribution is 5.87. The molecule has 0 unspecified atom stereocenters. The van der Waals surface area contributed by atoms with Crippen LogP contribution in [0, 0.1) is 6.92 Å². The van der Waals surface area contributed by atoms with Gasteiger partial charge in [0.25, 0.3) is 0 Å². The van der Waals surface area contributed by atoms with E-state index in [-0.39, 0.29) is 5.56 Å². The number of aromatic carboxylic acids is 1. The van der Waals surface area contributed by atoms with Gasteiger partial charge in [-0.05, 0) is 75.3 Å². The molecule has 0 fully saturated rings. The molecule has 7 heteroatoms. The summed E-state index contributed by atoms with van der Waals surface area (Å²) >= 11 is 0. The van der Waals surface area contributed by atoms with Gasteiger partial charge in [0.1, 0.15) is 11.6 Å². The smallest absolute Gasteiger partial charge is 0.335 e. The van der Waals surface area contributed by atoms with Crippen LogP contribution in [-0.2, 0) is 12.8 Å². The van der Waals surface area contributed by atoms with E-state index in [1.54, 1.807) is 18.2 Å². The minimum Gasteiger partial charge on any atom is -0.478 e. The molecule has 4 rings (SSSR count). The molecule has 34 heavy (non-hydrogen) atoms. The van der Waals surface area contributed by atoms with Crippen LogP contribution in [0.3, 0.4) is 0 Å². The molecule has 0 saturated carbocycles. The van der Waals surface area contributed by atoms with E-state index in [1.807, 2.05) is 6.07 Å². The Morgan fingerprint density at radius 1 is 1.15 bits per heavy atom. The predicted molar refractivity (Wildman–Crippen MR) is 135 cm³/mol. The van der Waals surface area contributed by atoms with Gasteiger partial charge in [-0.2, -0.15) is 0 Å². The molecule has 0 radical (unpaired) electrons. The Morgan fingerprint density at radius 3 is 2.76 bits per heavy atom. The second-order valence-electron chi connectivity index (χ2n) is 9.06. The first-order chi connectivity index (χ1) is 16.4. The Hall–Kier alpha value is -3.29. The van der Waals surface area contributed by atoms with Crippen LogP contribution in [0.2, 0.25) is 0 Å². The molecule has 1 heterocycles. The summed E-state index contributed by atoms with van der Waals surface area (Å²) in [4.78, 5) is 23.5. The number of hydrogen-bond donors (Lipinski definition) is 3. The van der Waals surface area contributed by atoms with Crippen molar-refractivity contribution < 1.29 is 9.90 Å². The maximum absolute atomic E-state index is 11.4. The number of carboxylic acids is 1. The Kier molecular flexibility index (Phi) is 7.55. The van der Waals surface area contributed by atoms with E-state index in [9.17, 15) is 9.90 Å². The number of rotatable bonds is 11. The van der Waals surface area contributed by atoms with Gasteiger partial charge in [-0.3, -0.25) is 0 Å². The number of anilines is 1. The Morgan fingerprint density at radius 2 is 1.97 bits per heavy atom. The maximum Gasteiger partial charge on any atom is 0.335 e. The molecule has 1 aliphatic rings. The van der Waals surface area contributed by atoms with Gasteiger partial charge in [0.05, 0.1) is 11.3 Å². The Balaban J connectivity index is 1.57. The lowest BCUT2D eigenvalue weighted by atomic mass is 10.0. The van der Waals surface area contributed by atoms with E-state index in [0.29, 0.717) is 18.8 Å². The van der Waals surface area contributed by atoms with Crippen molar-refractivity contribution in [2.24, 2.45) is 5.73 Å². The zero-order valence-electron chi connectivity index (χ0n) is 20.0. The fourth-order valence-electron chi connectivity index (χ4n) is 4.49. The third-order valence-electron chi connectivity index (χ3n) is 6.21. The zero-order valence-corrected chi connectivity index (χ0v) is 20.0. The summed E-state index contributed by atoms with van der Waals surface area (Å²) in [6.45, 7) is 5.63. The van der Waals surface area contributed by atoms with Crippen LogP contribution in [0.15, 0.2) is 42.5 Å². The average molecular weight is 460 g/mol. The minimum atomic E-state index is -0.929. The number of nitrogens with two attached hydrogens (primary N) is 1. The first kappa shape index (κ1) is 23.9. The number of aromatic nitrogens is 2. The van der Waals surface area contributed by atoms with Crippen LogP contribution < -0.4 is 11.1 Å². The molecule has 0 amide bonds. The lowest BCUT2D eigenvalue weighted by molar-refractivity contribution is 0.0696. The van der Waals surface area contributed by atoms with Crippen molar-refractivity contribution in [3.63, 3.8) is 0 Å². The Bertz CT molecular complexity index is 1180. The number of hydrogen-bond acceptors (Lipinski definition) is 6. The van der Waals surface area contributed by atoms with Crippen LogP contribution >= 0.6 is 0 Å². The maximum atomic E-state index is 11.4. The highest BCUT2D eigenvalue weighted by Gasteiger charge is 2.25. The fraction of sp³-hybridized carbons (Fsp3) is 0.370. The zero-order chi connectivity index (χ0) is 24.1. The predicted octanol–water partition coefficient (Wildman–Crippen LogP) is 3.73. The molecule has 2 aromatic carbocycles. The first-order valence-corrected chi connectivity index (χ1v) is 11.9. The highest BCUT2D eigenvalue weighted by atomic mass is 16.4. The third kappa shape index (κ3) is 5.61. The molecular formula is C27H33N5O2. The quantitative estimate of drug-likeness (QED) is 0.294.